The summed E-state index contributed by atoms with van der Waals surface area (Å²) in [6, 6.07) is 1.71. The lowest BCUT2D eigenvalue weighted by atomic mass is 10.2. The first-order valence-corrected chi connectivity index (χ1v) is 7.78. The van der Waals surface area contributed by atoms with Crippen molar-refractivity contribution in [3.8, 4) is 11.5 Å². The van der Waals surface area contributed by atoms with Gasteiger partial charge in [-0.15, -0.1) is 0 Å². The molecule has 23 heavy (non-hydrogen) atoms. The predicted molar refractivity (Wildman–Crippen MR) is 77.7 cm³/mol. The molecule has 0 saturated heterocycles. The third-order valence-corrected chi connectivity index (χ3v) is 3.46. The second-order valence-electron chi connectivity index (χ2n) is 4.18. The minimum Gasteiger partial charge on any atom is -0.490 e. The molecule has 0 radical (unpaired) electrons. The van der Waals surface area contributed by atoms with Gasteiger partial charge in [-0.25, -0.2) is 0 Å². The van der Waals surface area contributed by atoms with Crippen LogP contribution >= 0.6 is 0 Å². The van der Waals surface area contributed by atoms with E-state index in [4.69, 9.17) is 18.9 Å². The number of nitrogens with zero attached hydrogens (tertiary/aromatic N) is 1. The van der Waals surface area contributed by atoms with Crippen LogP contribution in [0, 0.1) is 10.1 Å². The Morgan fingerprint density at radius 2 is 1.57 bits per heavy atom. The Balaban J connectivity index is 3.28. The topological polar surface area (TPSA) is 134 Å². The molecule has 130 valence electrons. The lowest BCUT2D eigenvalue weighted by Crippen LogP contribution is -2.11. The number of ether oxygens (including phenoxy) is 4. The van der Waals surface area contributed by atoms with E-state index in [0.29, 0.717) is 6.07 Å². The normalized spacial score (nSPS) is 11.3. The molecule has 11 heteroatoms. The van der Waals surface area contributed by atoms with Crippen molar-refractivity contribution in [1.29, 1.82) is 0 Å². The summed E-state index contributed by atoms with van der Waals surface area (Å²) in [5.74, 6) is -0.477. The number of nitro benzene ring substituents is 1. The molecule has 0 aliphatic heterocycles. The van der Waals surface area contributed by atoms with Crippen LogP contribution in [0.3, 0.4) is 0 Å². The molecule has 0 heterocycles. The Morgan fingerprint density at radius 3 is 2.00 bits per heavy atom. The van der Waals surface area contributed by atoms with Crippen LogP contribution in [0.15, 0.2) is 17.0 Å². The summed E-state index contributed by atoms with van der Waals surface area (Å²) in [5, 5.41) is 11.1. The minimum absolute atomic E-state index is 0.0140. The van der Waals surface area contributed by atoms with Crippen molar-refractivity contribution in [2.45, 2.75) is 4.90 Å². The van der Waals surface area contributed by atoms with Gasteiger partial charge in [-0.3, -0.25) is 14.7 Å². The molecule has 0 spiro atoms. The number of nitro groups is 1. The zero-order valence-corrected chi connectivity index (χ0v) is 13.4. The van der Waals surface area contributed by atoms with Gasteiger partial charge in [0.05, 0.1) is 18.1 Å². The molecule has 1 aromatic carbocycles. The SMILES string of the molecule is COCCOc1cc(OCCOC)c(S(=O)(=O)O)cc1[N+](=O)[O-]. The summed E-state index contributed by atoms with van der Waals surface area (Å²) in [5.41, 5.74) is -0.618. The maximum atomic E-state index is 11.4. The predicted octanol–water partition coefficient (Wildman–Crippen LogP) is 0.892. The van der Waals surface area contributed by atoms with Crippen LogP contribution in [0.2, 0.25) is 0 Å². The van der Waals surface area contributed by atoms with E-state index in [9.17, 15) is 23.1 Å². The first kappa shape index (κ1) is 19.1. The van der Waals surface area contributed by atoms with Crippen molar-refractivity contribution in [1.82, 2.24) is 0 Å². The summed E-state index contributed by atoms with van der Waals surface area (Å²) >= 11 is 0. The van der Waals surface area contributed by atoms with Crippen LogP contribution in [0.5, 0.6) is 11.5 Å². The van der Waals surface area contributed by atoms with Crippen molar-refractivity contribution in [2.24, 2.45) is 0 Å². The Labute approximate surface area is 132 Å². The number of hydrogen-bond donors (Lipinski definition) is 1. The minimum atomic E-state index is -4.72. The number of hydrogen-bond acceptors (Lipinski definition) is 8. The Bertz CT molecular complexity index is 644. The molecule has 1 aromatic rings. The first-order chi connectivity index (χ1) is 10.8. The molecule has 0 bridgehead atoms. The van der Waals surface area contributed by atoms with Gasteiger partial charge in [0.1, 0.15) is 23.9 Å². The van der Waals surface area contributed by atoms with Crippen LogP contribution in [0.25, 0.3) is 0 Å². The van der Waals surface area contributed by atoms with Crippen LogP contribution in [0.4, 0.5) is 5.69 Å². The summed E-state index contributed by atoms with van der Waals surface area (Å²) in [6.07, 6.45) is 0. The van der Waals surface area contributed by atoms with Crippen molar-refractivity contribution in [3.63, 3.8) is 0 Å². The fraction of sp³-hybridized carbons (Fsp3) is 0.500. The summed E-state index contributed by atoms with van der Waals surface area (Å²) in [7, 11) is -1.87. The Kier molecular flexibility index (Phi) is 7.16. The largest absolute Gasteiger partial charge is 0.490 e. The lowest BCUT2D eigenvalue weighted by molar-refractivity contribution is -0.386. The van der Waals surface area contributed by atoms with Gasteiger partial charge in [0, 0.05) is 26.4 Å². The van der Waals surface area contributed by atoms with E-state index < -0.39 is 25.6 Å². The van der Waals surface area contributed by atoms with Gasteiger partial charge in [-0.05, 0) is 0 Å². The standard InChI is InChI=1S/C12H17NO9S/c1-19-3-5-21-10-8-11(22-6-4-20-2)12(23(16,17)18)7-9(10)13(14)15/h7-8H,3-6H2,1-2H3,(H,16,17,18). The lowest BCUT2D eigenvalue weighted by Gasteiger charge is -2.12. The number of rotatable bonds is 10. The van der Waals surface area contributed by atoms with Gasteiger partial charge in [-0.2, -0.15) is 8.42 Å². The fourth-order valence-electron chi connectivity index (χ4n) is 1.57. The van der Waals surface area contributed by atoms with Crippen LogP contribution in [-0.4, -0.2) is 58.5 Å². The molecular weight excluding hydrogens is 334 g/mol. The number of benzene rings is 1. The highest BCUT2D eigenvalue weighted by Gasteiger charge is 2.26. The van der Waals surface area contributed by atoms with Crippen LogP contribution in [0.1, 0.15) is 0 Å². The van der Waals surface area contributed by atoms with Crippen LogP contribution in [-0.2, 0) is 19.6 Å². The monoisotopic (exact) mass is 351 g/mol. The zero-order valence-electron chi connectivity index (χ0n) is 12.6. The molecule has 0 atom stereocenters. The summed E-state index contributed by atoms with van der Waals surface area (Å²) in [6.45, 7) is 0.327. The average molecular weight is 351 g/mol. The third kappa shape index (κ3) is 5.63. The van der Waals surface area contributed by atoms with E-state index >= 15 is 0 Å². The zero-order chi connectivity index (χ0) is 17.5. The van der Waals surface area contributed by atoms with Gasteiger partial charge in [-0.1, -0.05) is 0 Å². The molecule has 0 aromatic heterocycles. The third-order valence-electron chi connectivity index (χ3n) is 2.59. The van der Waals surface area contributed by atoms with Gasteiger partial charge in [0.15, 0.2) is 0 Å². The molecule has 0 aliphatic rings. The molecule has 0 fully saturated rings. The molecule has 0 aliphatic carbocycles. The van der Waals surface area contributed by atoms with Gasteiger partial charge >= 0.3 is 5.69 Å². The van der Waals surface area contributed by atoms with E-state index in [-0.39, 0.29) is 37.9 Å². The van der Waals surface area contributed by atoms with E-state index in [2.05, 4.69) is 0 Å². The average Bonchev–Trinajstić information content (AvgIpc) is 2.46. The summed E-state index contributed by atoms with van der Waals surface area (Å²) in [4.78, 5) is 9.52. The molecule has 0 amide bonds. The highest BCUT2D eigenvalue weighted by atomic mass is 32.2. The Morgan fingerprint density at radius 1 is 1.04 bits per heavy atom. The molecule has 1 rings (SSSR count). The van der Waals surface area contributed by atoms with Gasteiger partial charge in [0.25, 0.3) is 10.1 Å². The Hall–Kier alpha value is -1.95. The molecule has 0 unspecified atom stereocenters. The van der Waals surface area contributed by atoms with Crippen molar-refractivity contribution >= 4 is 15.8 Å². The quantitative estimate of drug-likeness (QED) is 0.282. The molecular formula is C12H17NO9S. The van der Waals surface area contributed by atoms with E-state index in [1.54, 1.807) is 0 Å². The second-order valence-corrected chi connectivity index (χ2v) is 5.57. The molecule has 10 nitrogen and oxygen atoms in total. The first-order valence-electron chi connectivity index (χ1n) is 6.34. The second kappa shape index (κ2) is 8.62. The van der Waals surface area contributed by atoms with E-state index in [1.165, 1.54) is 14.2 Å². The molecule has 0 saturated carbocycles. The van der Waals surface area contributed by atoms with Gasteiger partial charge < -0.3 is 18.9 Å². The van der Waals surface area contributed by atoms with Crippen molar-refractivity contribution in [2.75, 3.05) is 40.6 Å². The highest BCUT2D eigenvalue weighted by Crippen LogP contribution is 2.37. The summed E-state index contributed by atoms with van der Waals surface area (Å²) < 4.78 is 51.9. The van der Waals surface area contributed by atoms with Crippen molar-refractivity contribution in [3.05, 3.63) is 22.2 Å². The molecule has 1 N–H and O–H groups in total. The maximum Gasteiger partial charge on any atom is 0.312 e. The maximum absolute atomic E-state index is 11.4. The van der Waals surface area contributed by atoms with Gasteiger partial charge in [0.2, 0.25) is 5.75 Å². The van der Waals surface area contributed by atoms with E-state index in [1.807, 2.05) is 0 Å². The van der Waals surface area contributed by atoms with Crippen molar-refractivity contribution < 1.29 is 36.8 Å². The number of methoxy groups -OCH3 is 2. The van der Waals surface area contributed by atoms with Crippen LogP contribution < -0.4 is 9.47 Å². The van der Waals surface area contributed by atoms with E-state index in [0.717, 1.165) is 6.07 Å². The highest BCUT2D eigenvalue weighted by molar-refractivity contribution is 7.86. The smallest absolute Gasteiger partial charge is 0.312 e. The fourth-order valence-corrected chi connectivity index (χ4v) is 2.21.